The third kappa shape index (κ3) is 3.99. The van der Waals surface area contributed by atoms with Gasteiger partial charge in [-0.15, -0.1) is 0 Å². The van der Waals surface area contributed by atoms with Gasteiger partial charge in [0.15, 0.2) is 0 Å². The van der Waals surface area contributed by atoms with E-state index in [-0.39, 0.29) is 18.2 Å². The van der Waals surface area contributed by atoms with Gasteiger partial charge in [0.2, 0.25) is 0 Å². The molecule has 1 aromatic rings. The first-order valence-corrected chi connectivity index (χ1v) is 8.15. The number of ether oxygens (including phenoxy) is 1. The summed E-state index contributed by atoms with van der Waals surface area (Å²) in [5.74, 6) is 0.744. The highest BCUT2D eigenvalue weighted by Crippen LogP contribution is 2.32. The van der Waals surface area contributed by atoms with Crippen LogP contribution in [0.25, 0.3) is 0 Å². The normalized spacial score (nSPS) is 23.2. The lowest BCUT2D eigenvalue weighted by atomic mass is 9.99. The van der Waals surface area contributed by atoms with E-state index in [1.165, 1.54) is 19.3 Å². The molecule has 1 aromatic carbocycles. The standard InChI is InChI=1S/C18H27NO2/c1-4-9-14(2)10-8-13-19-15(3)17(21-18(19)20)16-11-6-5-7-12-16/h5-7,11-12,14-15,17H,4,8-10,13H2,1-3H3/t14-,15-,17-/m1/s1. The molecule has 1 aliphatic heterocycles. The average molecular weight is 289 g/mol. The Morgan fingerprint density at radius 2 is 1.95 bits per heavy atom. The number of hydrogen-bond donors (Lipinski definition) is 0. The maximum Gasteiger partial charge on any atom is 0.410 e. The van der Waals surface area contributed by atoms with Gasteiger partial charge in [-0.1, -0.05) is 57.0 Å². The summed E-state index contributed by atoms with van der Waals surface area (Å²) in [7, 11) is 0. The maximum atomic E-state index is 12.1. The fraction of sp³-hybridized carbons (Fsp3) is 0.611. The van der Waals surface area contributed by atoms with Crippen molar-refractivity contribution in [2.24, 2.45) is 5.92 Å². The van der Waals surface area contributed by atoms with E-state index < -0.39 is 0 Å². The summed E-state index contributed by atoms with van der Waals surface area (Å²) < 4.78 is 5.56. The second kappa shape index (κ2) is 7.48. The predicted octanol–water partition coefficient (Wildman–Crippen LogP) is 4.78. The number of cyclic esters (lactones) is 1. The minimum Gasteiger partial charge on any atom is -0.439 e. The van der Waals surface area contributed by atoms with Crippen LogP contribution in [0.5, 0.6) is 0 Å². The topological polar surface area (TPSA) is 29.5 Å². The molecule has 0 bridgehead atoms. The highest BCUT2D eigenvalue weighted by atomic mass is 16.6. The molecule has 1 fully saturated rings. The molecule has 21 heavy (non-hydrogen) atoms. The first kappa shape index (κ1) is 15.9. The highest BCUT2D eigenvalue weighted by molar-refractivity contribution is 5.71. The Kier molecular flexibility index (Phi) is 5.66. The molecule has 2 rings (SSSR count). The van der Waals surface area contributed by atoms with Crippen molar-refractivity contribution in [3.63, 3.8) is 0 Å². The minimum atomic E-state index is -0.167. The van der Waals surface area contributed by atoms with Crippen LogP contribution in [-0.2, 0) is 4.74 Å². The van der Waals surface area contributed by atoms with Crippen LogP contribution in [0.1, 0.15) is 58.1 Å². The van der Waals surface area contributed by atoms with Crippen LogP contribution in [0, 0.1) is 5.92 Å². The zero-order chi connectivity index (χ0) is 15.2. The molecule has 1 saturated heterocycles. The summed E-state index contributed by atoms with van der Waals surface area (Å²) in [6, 6.07) is 10.1. The molecular formula is C18H27NO2. The zero-order valence-corrected chi connectivity index (χ0v) is 13.4. The first-order chi connectivity index (χ1) is 10.1. The molecule has 0 unspecified atom stereocenters. The number of benzene rings is 1. The van der Waals surface area contributed by atoms with E-state index in [0.29, 0.717) is 0 Å². The number of amides is 1. The molecule has 0 aromatic heterocycles. The Morgan fingerprint density at radius 3 is 2.62 bits per heavy atom. The van der Waals surface area contributed by atoms with E-state index in [1.807, 2.05) is 35.2 Å². The first-order valence-electron chi connectivity index (χ1n) is 8.15. The van der Waals surface area contributed by atoms with Crippen molar-refractivity contribution in [2.75, 3.05) is 6.54 Å². The van der Waals surface area contributed by atoms with Gasteiger partial charge in [0.1, 0.15) is 6.10 Å². The van der Waals surface area contributed by atoms with E-state index >= 15 is 0 Å². The lowest BCUT2D eigenvalue weighted by Crippen LogP contribution is -2.33. The summed E-state index contributed by atoms with van der Waals surface area (Å²) >= 11 is 0. The van der Waals surface area contributed by atoms with Crippen molar-refractivity contribution in [2.45, 2.75) is 58.6 Å². The van der Waals surface area contributed by atoms with Gasteiger partial charge in [-0.05, 0) is 31.2 Å². The molecule has 0 N–H and O–H groups in total. The number of carbonyl (C=O) groups excluding carboxylic acids is 1. The molecule has 0 saturated carbocycles. The molecule has 1 heterocycles. The van der Waals surface area contributed by atoms with Crippen molar-refractivity contribution in [3.05, 3.63) is 35.9 Å². The fourth-order valence-corrected chi connectivity index (χ4v) is 3.14. The second-order valence-electron chi connectivity index (χ2n) is 6.19. The fourth-order valence-electron chi connectivity index (χ4n) is 3.14. The third-order valence-corrected chi connectivity index (χ3v) is 4.40. The minimum absolute atomic E-state index is 0.112. The summed E-state index contributed by atoms with van der Waals surface area (Å²) in [4.78, 5) is 14.0. The van der Waals surface area contributed by atoms with Crippen LogP contribution in [0.2, 0.25) is 0 Å². The van der Waals surface area contributed by atoms with Gasteiger partial charge in [0, 0.05) is 6.54 Å². The van der Waals surface area contributed by atoms with Crippen molar-refractivity contribution >= 4 is 6.09 Å². The van der Waals surface area contributed by atoms with Crippen LogP contribution in [-0.4, -0.2) is 23.6 Å². The zero-order valence-electron chi connectivity index (χ0n) is 13.4. The summed E-state index contributed by atoms with van der Waals surface area (Å²) in [5.41, 5.74) is 1.08. The van der Waals surface area contributed by atoms with Crippen LogP contribution in [0.4, 0.5) is 4.79 Å². The number of hydrogen-bond acceptors (Lipinski definition) is 2. The predicted molar refractivity (Wildman–Crippen MR) is 85.1 cm³/mol. The molecular weight excluding hydrogens is 262 g/mol. The Bertz CT molecular complexity index is 446. The van der Waals surface area contributed by atoms with Gasteiger partial charge in [-0.2, -0.15) is 0 Å². The van der Waals surface area contributed by atoms with Crippen LogP contribution >= 0.6 is 0 Å². The summed E-state index contributed by atoms with van der Waals surface area (Å²) in [6.45, 7) is 7.40. The van der Waals surface area contributed by atoms with Gasteiger partial charge < -0.3 is 9.64 Å². The van der Waals surface area contributed by atoms with E-state index in [0.717, 1.165) is 24.4 Å². The SMILES string of the molecule is CCC[C@@H](C)CCCN1C(=O)O[C@@H](c2ccccc2)[C@H]1C. The van der Waals surface area contributed by atoms with Crippen LogP contribution in [0.3, 0.4) is 0 Å². The molecule has 3 heteroatoms. The van der Waals surface area contributed by atoms with Gasteiger partial charge in [-0.3, -0.25) is 0 Å². The molecule has 0 spiro atoms. The Labute approximate surface area is 128 Å². The Balaban J connectivity index is 1.88. The van der Waals surface area contributed by atoms with Gasteiger partial charge in [0.05, 0.1) is 6.04 Å². The second-order valence-corrected chi connectivity index (χ2v) is 6.19. The Morgan fingerprint density at radius 1 is 1.24 bits per heavy atom. The quantitative estimate of drug-likeness (QED) is 0.722. The molecule has 0 aliphatic carbocycles. The lowest BCUT2D eigenvalue weighted by molar-refractivity contribution is 0.130. The van der Waals surface area contributed by atoms with Crippen LogP contribution < -0.4 is 0 Å². The number of carbonyl (C=O) groups is 1. The van der Waals surface area contributed by atoms with Crippen molar-refractivity contribution < 1.29 is 9.53 Å². The molecule has 1 aliphatic rings. The summed E-state index contributed by atoms with van der Waals surface area (Å²) in [6.07, 6.45) is 4.44. The molecule has 116 valence electrons. The monoisotopic (exact) mass is 289 g/mol. The van der Waals surface area contributed by atoms with E-state index in [9.17, 15) is 4.79 Å². The largest absolute Gasteiger partial charge is 0.439 e. The number of nitrogens with zero attached hydrogens (tertiary/aromatic N) is 1. The molecule has 0 radical (unpaired) electrons. The lowest BCUT2D eigenvalue weighted by Gasteiger charge is -2.21. The average Bonchev–Trinajstić information content (AvgIpc) is 2.76. The van der Waals surface area contributed by atoms with Crippen molar-refractivity contribution in [1.29, 1.82) is 0 Å². The van der Waals surface area contributed by atoms with Crippen LogP contribution in [0.15, 0.2) is 30.3 Å². The van der Waals surface area contributed by atoms with Gasteiger partial charge in [-0.25, -0.2) is 4.79 Å². The van der Waals surface area contributed by atoms with Crippen molar-refractivity contribution in [1.82, 2.24) is 4.90 Å². The molecule has 3 atom stereocenters. The van der Waals surface area contributed by atoms with Gasteiger partial charge in [0.25, 0.3) is 0 Å². The molecule has 3 nitrogen and oxygen atoms in total. The summed E-state index contributed by atoms with van der Waals surface area (Å²) in [5, 5.41) is 0. The smallest absolute Gasteiger partial charge is 0.410 e. The third-order valence-electron chi connectivity index (χ3n) is 4.40. The van der Waals surface area contributed by atoms with E-state index in [1.54, 1.807) is 0 Å². The van der Waals surface area contributed by atoms with E-state index in [2.05, 4.69) is 20.8 Å². The number of rotatable bonds is 7. The van der Waals surface area contributed by atoms with E-state index in [4.69, 9.17) is 4.74 Å². The maximum absolute atomic E-state index is 12.1. The highest BCUT2D eigenvalue weighted by Gasteiger charge is 2.38. The Hall–Kier alpha value is -1.51. The van der Waals surface area contributed by atoms with Crippen molar-refractivity contribution in [3.8, 4) is 0 Å². The molecule has 1 amide bonds. The van der Waals surface area contributed by atoms with Gasteiger partial charge >= 0.3 is 6.09 Å².